The fraction of sp³-hybridized carbons (Fsp3) is 0.200. The maximum Gasteiger partial charge on any atom is 0.163 e. The van der Waals surface area contributed by atoms with Gasteiger partial charge in [-0.1, -0.05) is 28.1 Å². The Labute approximate surface area is 129 Å². The maximum absolute atomic E-state index is 13.8. The predicted octanol–water partition coefficient (Wildman–Crippen LogP) is 4.83. The summed E-state index contributed by atoms with van der Waals surface area (Å²) in [6, 6.07) is 10.3. The van der Waals surface area contributed by atoms with Crippen molar-refractivity contribution in [2.24, 2.45) is 5.73 Å². The molecule has 0 fully saturated rings. The van der Waals surface area contributed by atoms with Crippen LogP contribution in [0.2, 0.25) is 0 Å². The molecule has 0 spiro atoms. The molecule has 0 aliphatic carbocycles. The molecule has 5 heteroatoms. The van der Waals surface area contributed by atoms with Gasteiger partial charge in [0.25, 0.3) is 0 Å². The van der Waals surface area contributed by atoms with Crippen LogP contribution in [0, 0.1) is 18.6 Å². The number of benzene rings is 2. The second kappa shape index (κ2) is 6.70. The molecule has 0 aliphatic heterocycles. The van der Waals surface area contributed by atoms with Gasteiger partial charge in [-0.15, -0.1) is 11.8 Å². The summed E-state index contributed by atoms with van der Waals surface area (Å²) in [5.41, 5.74) is 6.47. The third-order valence-corrected chi connectivity index (χ3v) is 4.61. The average molecular weight is 358 g/mol. The third-order valence-electron chi connectivity index (χ3n) is 2.95. The first-order chi connectivity index (χ1) is 9.49. The van der Waals surface area contributed by atoms with Crippen LogP contribution in [0.4, 0.5) is 8.78 Å². The molecule has 2 N–H and O–H groups in total. The van der Waals surface area contributed by atoms with E-state index >= 15 is 0 Å². The molecule has 2 aromatic carbocycles. The normalized spacial score (nSPS) is 12.4. The van der Waals surface area contributed by atoms with Crippen molar-refractivity contribution in [1.29, 1.82) is 0 Å². The van der Waals surface area contributed by atoms with Crippen molar-refractivity contribution in [3.8, 4) is 0 Å². The van der Waals surface area contributed by atoms with E-state index in [-0.39, 0.29) is 5.56 Å². The van der Waals surface area contributed by atoms with E-state index < -0.39 is 17.7 Å². The van der Waals surface area contributed by atoms with Crippen LogP contribution in [0.5, 0.6) is 0 Å². The van der Waals surface area contributed by atoms with Gasteiger partial charge in [-0.25, -0.2) is 8.78 Å². The van der Waals surface area contributed by atoms with Crippen LogP contribution in [0.3, 0.4) is 0 Å². The summed E-state index contributed by atoms with van der Waals surface area (Å²) in [7, 11) is 0. The highest BCUT2D eigenvalue weighted by Crippen LogP contribution is 2.27. The number of hydrogen-bond acceptors (Lipinski definition) is 2. The van der Waals surface area contributed by atoms with Gasteiger partial charge in [-0.05, 0) is 36.8 Å². The van der Waals surface area contributed by atoms with Gasteiger partial charge in [0.1, 0.15) is 0 Å². The monoisotopic (exact) mass is 357 g/mol. The third kappa shape index (κ3) is 3.59. The Hall–Kier alpha value is -0.910. The van der Waals surface area contributed by atoms with Gasteiger partial charge >= 0.3 is 0 Å². The SMILES string of the molecule is Cc1ccc(C(N)CSc2ccc(Br)cc2)c(F)c1F. The van der Waals surface area contributed by atoms with Crippen LogP contribution < -0.4 is 5.73 Å². The molecule has 0 saturated carbocycles. The molecule has 1 atom stereocenters. The predicted molar refractivity (Wildman–Crippen MR) is 82.9 cm³/mol. The highest BCUT2D eigenvalue weighted by molar-refractivity contribution is 9.10. The largest absolute Gasteiger partial charge is 0.323 e. The molecule has 20 heavy (non-hydrogen) atoms. The minimum atomic E-state index is -0.839. The number of thioether (sulfide) groups is 1. The van der Waals surface area contributed by atoms with Gasteiger partial charge in [0.2, 0.25) is 0 Å². The minimum Gasteiger partial charge on any atom is -0.323 e. The average Bonchev–Trinajstić information content (AvgIpc) is 2.44. The highest BCUT2D eigenvalue weighted by atomic mass is 79.9. The molecule has 2 aromatic rings. The van der Waals surface area contributed by atoms with Crippen molar-refractivity contribution in [3.63, 3.8) is 0 Å². The van der Waals surface area contributed by atoms with Crippen LogP contribution in [-0.2, 0) is 0 Å². The summed E-state index contributed by atoms with van der Waals surface area (Å²) in [6.45, 7) is 1.53. The van der Waals surface area contributed by atoms with Gasteiger partial charge in [-0.3, -0.25) is 0 Å². The van der Waals surface area contributed by atoms with Gasteiger partial charge in [0, 0.05) is 26.7 Å². The number of rotatable bonds is 4. The van der Waals surface area contributed by atoms with Crippen molar-refractivity contribution in [3.05, 3.63) is 63.6 Å². The molecule has 1 unspecified atom stereocenters. The van der Waals surface area contributed by atoms with Crippen molar-refractivity contribution in [2.75, 3.05) is 5.75 Å². The molecule has 0 aliphatic rings. The Morgan fingerprint density at radius 1 is 1.10 bits per heavy atom. The van der Waals surface area contributed by atoms with Crippen LogP contribution in [0.25, 0.3) is 0 Å². The number of aryl methyl sites for hydroxylation is 1. The lowest BCUT2D eigenvalue weighted by Crippen LogP contribution is -2.15. The lowest BCUT2D eigenvalue weighted by Gasteiger charge is -2.14. The van der Waals surface area contributed by atoms with Gasteiger partial charge < -0.3 is 5.73 Å². The molecular formula is C15H14BrF2NS. The van der Waals surface area contributed by atoms with Crippen molar-refractivity contribution >= 4 is 27.7 Å². The topological polar surface area (TPSA) is 26.0 Å². The minimum absolute atomic E-state index is 0.220. The molecule has 2 rings (SSSR count). The van der Waals surface area contributed by atoms with E-state index in [2.05, 4.69) is 15.9 Å². The smallest absolute Gasteiger partial charge is 0.163 e. The summed E-state index contributed by atoms with van der Waals surface area (Å²) < 4.78 is 28.3. The Balaban J connectivity index is 2.07. The Kier molecular flexibility index (Phi) is 5.18. The maximum atomic E-state index is 13.8. The summed E-state index contributed by atoms with van der Waals surface area (Å²) in [5, 5.41) is 0. The van der Waals surface area contributed by atoms with E-state index in [9.17, 15) is 8.78 Å². The molecule has 0 bridgehead atoms. The Morgan fingerprint density at radius 3 is 2.40 bits per heavy atom. The molecule has 0 saturated heterocycles. The van der Waals surface area contributed by atoms with Crippen molar-refractivity contribution in [1.82, 2.24) is 0 Å². The molecule has 0 radical (unpaired) electrons. The number of hydrogen-bond donors (Lipinski definition) is 1. The quantitative estimate of drug-likeness (QED) is 0.793. The van der Waals surface area contributed by atoms with Gasteiger partial charge in [0.05, 0.1) is 0 Å². The molecule has 106 valence electrons. The first-order valence-electron chi connectivity index (χ1n) is 6.07. The molecule has 0 aromatic heterocycles. The van der Waals surface area contributed by atoms with Crippen LogP contribution in [0.15, 0.2) is 45.8 Å². The van der Waals surface area contributed by atoms with E-state index in [0.29, 0.717) is 11.3 Å². The Bertz CT molecular complexity index is 602. The van der Waals surface area contributed by atoms with Gasteiger partial charge in [0.15, 0.2) is 11.6 Å². The zero-order valence-electron chi connectivity index (χ0n) is 10.9. The second-order valence-electron chi connectivity index (χ2n) is 4.47. The molecular weight excluding hydrogens is 344 g/mol. The molecule has 0 amide bonds. The standard InChI is InChI=1S/C15H14BrF2NS/c1-9-2-7-12(15(18)14(9)17)13(19)8-20-11-5-3-10(16)4-6-11/h2-7,13H,8,19H2,1H3. The summed E-state index contributed by atoms with van der Waals surface area (Å²) in [4.78, 5) is 1.04. The van der Waals surface area contributed by atoms with Crippen LogP contribution in [0.1, 0.15) is 17.2 Å². The van der Waals surface area contributed by atoms with E-state index in [1.54, 1.807) is 12.1 Å². The molecule has 1 nitrogen and oxygen atoms in total. The van der Waals surface area contributed by atoms with E-state index in [0.717, 1.165) is 9.37 Å². The summed E-state index contributed by atoms with van der Waals surface area (Å²) >= 11 is 4.88. The summed E-state index contributed by atoms with van der Waals surface area (Å²) in [6.07, 6.45) is 0. The van der Waals surface area contributed by atoms with E-state index in [4.69, 9.17) is 5.73 Å². The fourth-order valence-corrected chi connectivity index (χ4v) is 2.90. The zero-order chi connectivity index (χ0) is 14.7. The first kappa shape index (κ1) is 15.5. The number of halogens is 3. The Morgan fingerprint density at radius 2 is 1.75 bits per heavy atom. The zero-order valence-corrected chi connectivity index (χ0v) is 13.3. The lowest BCUT2D eigenvalue weighted by atomic mass is 10.1. The van der Waals surface area contributed by atoms with Crippen LogP contribution in [-0.4, -0.2) is 5.75 Å². The first-order valence-corrected chi connectivity index (χ1v) is 7.85. The van der Waals surface area contributed by atoms with Crippen molar-refractivity contribution < 1.29 is 8.78 Å². The van der Waals surface area contributed by atoms with E-state index in [1.807, 2.05) is 24.3 Å². The summed E-state index contributed by atoms with van der Waals surface area (Å²) in [5.74, 6) is -1.17. The van der Waals surface area contributed by atoms with Crippen molar-refractivity contribution in [2.45, 2.75) is 17.9 Å². The number of nitrogens with two attached hydrogens (primary N) is 1. The molecule has 0 heterocycles. The van der Waals surface area contributed by atoms with Gasteiger partial charge in [-0.2, -0.15) is 0 Å². The van der Waals surface area contributed by atoms with Crippen LogP contribution >= 0.6 is 27.7 Å². The lowest BCUT2D eigenvalue weighted by molar-refractivity contribution is 0.488. The fourth-order valence-electron chi connectivity index (χ4n) is 1.75. The van der Waals surface area contributed by atoms with E-state index in [1.165, 1.54) is 18.7 Å². The second-order valence-corrected chi connectivity index (χ2v) is 6.48. The highest BCUT2D eigenvalue weighted by Gasteiger charge is 2.16.